The molecule has 2 aliphatic rings. The Morgan fingerprint density at radius 2 is 1.85 bits per heavy atom. The monoisotopic (exact) mass is 449 g/mol. The van der Waals surface area contributed by atoms with Crippen molar-refractivity contribution in [2.45, 2.75) is 19.1 Å². The van der Waals surface area contributed by atoms with Crippen molar-refractivity contribution in [3.05, 3.63) is 60.4 Å². The lowest BCUT2D eigenvalue weighted by molar-refractivity contribution is -0.142. The third kappa shape index (κ3) is 4.52. The summed E-state index contributed by atoms with van der Waals surface area (Å²) in [6.45, 7) is 4.47. The smallest absolute Gasteiger partial charge is 0.265 e. The minimum absolute atomic E-state index is 0.0751. The van der Waals surface area contributed by atoms with Gasteiger partial charge < -0.3 is 29.0 Å². The zero-order valence-corrected chi connectivity index (χ0v) is 18.5. The summed E-state index contributed by atoms with van der Waals surface area (Å²) in [5, 5.41) is 4.02. The predicted molar refractivity (Wildman–Crippen MR) is 123 cm³/mol. The maximum atomic E-state index is 13.0. The van der Waals surface area contributed by atoms with Crippen molar-refractivity contribution in [3.63, 3.8) is 0 Å². The number of carbonyl (C=O) groups is 2. The first kappa shape index (κ1) is 21.3. The Balaban J connectivity index is 1.28. The number of nitrogens with zero attached hydrogens (tertiary/aromatic N) is 2. The molecule has 8 nitrogen and oxygen atoms in total. The van der Waals surface area contributed by atoms with Crippen LogP contribution >= 0.6 is 0 Å². The normalized spacial score (nSPS) is 19.0. The molecule has 3 heterocycles. The SMILES string of the molecule is C[C@H](NC(=O)CN1C[C@H](C(=O)N2CCOCC2)Oc2ccccc21)c1cc2ccccc2o1. The van der Waals surface area contributed by atoms with Crippen LogP contribution in [-0.4, -0.2) is 62.2 Å². The quantitative estimate of drug-likeness (QED) is 0.645. The molecule has 172 valence electrons. The van der Waals surface area contributed by atoms with E-state index in [0.29, 0.717) is 44.4 Å². The van der Waals surface area contributed by atoms with Crippen LogP contribution in [0, 0.1) is 0 Å². The molecule has 0 saturated carbocycles. The number of hydrogen-bond acceptors (Lipinski definition) is 6. The van der Waals surface area contributed by atoms with Crippen molar-refractivity contribution in [1.29, 1.82) is 0 Å². The van der Waals surface area contributed by atoms with Crippen LogP contribution in [0.5, 0.6) is 5.75 Å². The fourth-order valence-electron chi connectivity index (χ4n) is 4.32. The van der Waals surface area contributed by atoms with Crippen molar-refractivity contribution in [3.8, 4) is 5.75 Å². The number of fused-ring (bicyclic) bond motifs is 2. The second-order valence-electron chi connectivity index (χ2n) is 8.37. The van der Waals surface area contributed by atoms with Crippen molar-refractivity contribution >= 4 is 28.5 Å². The first-order valence-electron chi connectivity index (χ1n) is 11.2. The minimum atomic E-state index is -0.668. The lowest BCUT2D eigenvalue weighted by atomic mass is 10.1. The number of rotatable bonds is 5. The molecule has 0 bridgehead atoms. The summed E-state index contributed by atoms with van der Waals surface area (Å²) in [6, 6.07) is 16.9. The Bertz CT molecular complexity index is 1120. The summed E-state index contributed by atoms with van der Waals surface area (Å²) >= 11 is 0. The molecule has 0 radical (unpaired) electrons. The lowest BCUT2D eigenvalue weighted by Crippen LogP contribution is -2.54. The standard InChI is InChI=1S/C25H27N3O5/c1-17(22-14-18-6-2-4-8-20(18)32-22)26-24(29)16-28-15-23(25(30)27-10-12-31-13-11-27)33-21-9-5-3-7-19(21)28/h2-9,14,17,23H,10-13,15-16H2,1H3,(H,26,29)/t17-,23+/m0/s1. The highest BCUT2D eigenvalue weighted by molar-refractivity contribution is 5.86. The van der Waals surface area contributed by atoms with Gasteiger partial charge in [-0.25, -0.2) is 0 Å². The summed E-state index contributed by atoms with van der Waals surface area (Å²) in [6.07, 6.45) is -0.668. The number of nitrogens with one attached hydrogen (secondary N) is 1. The zero-order chi connectivity index (χ0) is 22.8. The Labute approximate surface area is 192 Å². The summed E-state index contributed by atoms with van der Waals surface area (Å²) in [7, 11) is 0. The highest BCUT2D eigenvalue weighted by Crippen LogP contribution is 2.33. The Morgan fingerprint density at radius 1 is 1.09 bits per heavy atom. The van der Waals surface area contributed by atoms with Crippen LogP contribution in [0.15, 0.2) is 59.0 Å². The number of amides is 2. The van der Waals surface area contributed by atoms with Crippen molar-refractivity contribution in [1.82, 2.24) is 10.2 Å². The zero-order valence-electron chi connectivity index (χ0n) is 18.5. The molecule has 0 unspecified atom stereocenters. The van der Waals surface area contributed by atoms with E-state index in [1.54, 1.807) is 4.90 Å². The average molecular weight is 450 g/mol. The van der Waals surface area contributed by atoms with Gasteiger partial charge in [0, 0.05) is 18.5 Å². The van der Waals surface area contributed by atoms with Crippen molar-refractivity contribution in [2.75, 3.05) is 44.3 Å². The lowest BCUT2D eigenvalue weighted by Gasteiger charge is -2.38. The van der Waals surface area contributed by atoms with Crippen LogP contribution in [0.4, 0.5) is 5.69 Å². The number of benzene rings is 2. The maximum Gasteiger partial charge on any atom is 0.265 e. The summed E-state index contributed by atoms with van der Waals surface area (Å²) in [5.41, 5.74) is 1.59. The van der Waals surface area contributed by atoms with Gasteiger partial charge in [-0.1, -0.05) is 30.3 Å². The van der Waals surface area contributed by atoms with Crippen LogP contribution in [0.3, 0.4) is 0 Å². The van der Waals surface area contributed by atoms with E-state index in [-0.39, 0.29) is 24.4 Å². The van der Waals surface area contributed by atoms with Gasteiger partial charge in [-0.15, -0.1) is 0 Å². The molecule has 2 atom stereocenters. The third-order valence-electron chi connectivity index (χ3n) is 6.04. The van der Waals surface area contributed by atoms with E-state index in [4.69, 9.17) is 13.9 Å². The minimum Gasteiger partial charge on any atom is -0.477 e. The number of ether oxygens (including phenoxy) is 2. The molecule has 2 amide bonds. The van der Waals surface area contributed by atoms with E-state index in [0.717, 1.165) is 16.7 Å². The van der Waals surface area contributed by atoms with Gasteiger partial charge in [0.1, 0.15) is 17.1 Å². The Kier molecular flexibility index (Phi) is 5.92. The average Bonchev–Trinajstić information content (AvgIpc) is 3.29. The first-order chi connectivity index (χ1) is 16.1. The first-order valence-corrected chi connectivity index (χ1v) is 11.2. The molecule has 0 spiro atoms. The van der Waals surface area contributed by atoms with Gasteiger partial charge in [0.05, 0.1) is 38.0 Å². The second-order valence-corrected chi connectivity index (χ2v) is 8.37. The topological polar surface area (TPSA) is 84.3 Å². The largest absolute Gasteiger partial charge is 0.477 e. The van der Waals surface area contributed by atoms with Crippen LogP contribution in [0.1, 0.15) is 18.7 Å². The van der Waals surface area contributed by atoms with Crippen LogP contribution in [0.2, 0.25) is 0 Å². The van der Waals surface area contributed by atoms with Gasteiger partial charge in [-0.05, 0) is 31.2 Å². The molecule has 3 aromatic rings. The second kappa shape index (κ2) is 9.15. The molecule has 2 aromatic carbocycles. The van der Waals surface area contributed by atoms with Gasteiger partial charge >= 0.3 is 0 Å². The van der Waals surface area contributed by atoms with E-state index >= 15 is 0 Å². The molecule has 1 fully saturated rings. The highest BCUT2D eigenvalue weighted by atomic mass is 16.5. The van der Waals surface area contributed by atoms with Gasteiger partial charge in [0.25, 0.3) is 5.91 Å². The number of anilines is 1. The number of carbonyl (C=O) groups excluding carboxylic acids is 2. The summed E-state index contributed by atoms with van der Waals surface area (Å²) < 4.78 is 17.3. The van der Waals surface area contributed by atoms with Gasteiger partial charge in [0.2, 0.25) is 5.91 Å². The van der Waals surface area contributed by atoms with Crippen molar-refractivity contribution in [2.24, 2.45) is 0 Å². The van der Waals surface area contributed by atoms with Gasteiger partial charge in [-0.2, -0.15) is 0 Å². The molecule has 1 saturated heterocycles. The molecule has 1 N–H and O–H groups in total. The predicted octanol–water partition coefficient (Wildman–Crippen LogP) is 2.74. The fourth-order valence-corrected chi connectivity index (χ4v) is 4.32. The molecule has 8 heteroatoms. The number of hydrogen-bond donors (Lipinski definition) is 1. The molecular weight excluding hydrogens is 422 g/mol. The van der Waals surface area contributed by atoms with E-state index in [1.807, 2.05) is 66.4 Å². The number of furan rings is 1. The van der Waals surface area contributed by atoms with Gasteiger partial charge in [-0.3, -0.25) is 9.59 Å². The Morgan fingerprint density at radius 3 is 2.67 bits per heavy atom. The van der Waals surface area contributed by atoms with E-state index < -0.39 is 6.10 Å². The summed E-state index contributed by atoms with van der Waals surface area (Å²) in [4.78, 5) is 29.7. The van der Waals surface area contributed by atoms with Crippen LogP contribution in [-0.2, 0) is 14.3 Å². The van der Waals surface area contributed by atoms with Crippen molar-refractivity contribution < 1.29 is 23.5 Å². The van der Waals surface area contributed by atoms with Crippen LogP contribution < -0.4 is 15.0 Å². The molecule has 5 rings (SSSR count). The molecule has 0 aliphatic carbocycles. The summed E-state index contributed by atoms with van der Waals surface area (Å²) in [5.74, 6) is 1.08. The molecule has 2 aliphatic heterocycles. The van der Waals surface area contributed by atoms with E-state index in [1.165, 1.54) is 0 Å². The molecule has 33 heavy (non-hydrogen) atoms. The van der Waals surface area contributed by atoms with E-state index in [9.17, 15) is 9.59 Å². The maximum absolute atomic E-state index is 13.0. The van der Waals surface area contributed by atoms with Gasteiger partial charge in [0.15, 0.2) is 6.10 Å². The fraction of sp³-hybridized carbons (Fsp3) is 0.360. The third-order valence-corrected chi connectivity index (χ3v) is 6.04. The number of morpholine rings is 1. The Hall–Kier alpha value is -3.52. The number of para-hydroxylation sites is 3. The molecular formula is C25H27N3O5. The molecule has 1 aromatic heterocycles. The van der Waals surface area contributed by atoms with E-state index in [2.05, 4.69) is 5.32 Å². The highest BCUT2D eigenvalue weighted by Gasteiger charge is 2.34. The van der Waals surface area contributed by atoms with Crippen LogP contribution in [0.25, 0.3) is 11.0 Å².